The molecule has 0 saturated heterocycles. The first-order chi connectivity index (χ1) is 17.2. The molecule has 0 saturated carbocycles. The molecule has 3 rings (SSSR count). The van der Waals surface area contributed by atoms with Gasteiger partial charge in [-0.1, -0.05) is 20.8 Å². The van der Waals surface area contributed by atoms with E-state index in [9.17, 15) is 13.2 Å². The zero-order valence-corrected chi connectivity index (χ0v) is 23.0. The van der Waals surface area contributed by atoms with Gasteiger partial charge in [-0.05, 0) is 48.6 Å². The van der Waals surface area contributed by atoms with Gasteiger partial charge in [0.15, 0.2) is 34.6 Å². The Hall–Kier alpha value is -3.34. The fourth-order valence-corrected chi connectivity index (χ4v) is 4.67. The summed E-state index contributed by atoms with van der Waals surface area (Å²) in [5, 5.41) is 8.60. The average molecular weight is 537 g/mol. The van der Waals surface area contributed by atoms with E-state index in [0.717, 1.165) is 6.26 Å². The van der Waals surface area contributed by atoms with Gasteiger partial charge in [0.1, 0.15) is 5.84 Å². The van der Waals surface area contributed by atoms with E-state index in [4.69, 9.17) is 23.8 Å². The highest BCUT2D eigenvalue weighted by Gasteiger charge is 2.34. The van der Waals surface area contributed by atoms with Crippen LogP contribution in [0.3, 0.4) is 0 Å². The van der Waals surface area contributed by atoms with Gasteiger partial charge in [0.2, 0.25) is 0 Å². The molecule has 2 aromatic carbocycles. The summed E-state index contributed by atoms with van der Waals surface area (Å²) in [7, 11) is -2.51. The minimum Gasteiger partial charge on any atom is -0.493 e. The Morgan fingerprint density at radius 1 is 1.08 bits per heavy atom. The first-order valence-corrected chi connectivity index (χ1v) is 13.6. The molecule has 9 nitrogen and oxygen atoms in total. The maximum Gasteiger partial charge on any atom is 0.306 e. The topological polar surface area (TPSA) is 115 Å². The van der Waals surface area contributed by atoms with E-state index in [1.54, 1.807) is 26.0 Å². The van der Waals surface area contributed by atoms with Crippen LogP contribution in [-0.4, -0.2) is 58.1 Å². The van der Waals surface area contributed by atoms with Crippen LogP contribution in [0.5, 0.6) is 23.0 Å². The summed E-state index contributed by atoms with van der Waals surface area (Å²) in [4.78, 5) is 15.0. The normalized spacial score (nSPS) is 13.4. The van der Waals surface area contributed by atoms with Crippen LogP contribution in [0.4, 0.5) is 4.39 Å². The quantitative estimate of drug-likeness (QED) is 0.353. The van der Waals surface area contributed by atoms with Crippen molar-refractivity contribution in [1.82, 2.24) is 4.90 Å². The molecular weight excluding hydrogens is 503 g/mol. The van der Waals surface area contributed by atoms with Crippen molar-refractivity contribution >= 4 is 21.7 Å². The Morgan fingerprint density at radius 2 is 1.73 bits per heavy atom. The molecule has 1 heterocycles. The zero-order chi connectivity index (χ0) is 27.7. The molecule has 2 aromatic rings. The second-order valence-electron chi connectivity index (χ2n) is 9.63. The van der Waals surface area contributed by atoms with Crippen molar-refractivity contribution in [2.45, 2.75) is 46.6 Å². The number of methoxy groups -OCH3 is 1. The van der Waals surface area contributed by atoms with Crippen molar-refractivity contribution in [3.63, 3.8) is 0 Å². The standard InChI is InChI=1S/C26H33FN2O7S/c1-8-34-21-10-15-13-29(25(28)22(15)23(27)24(21)35-9-2)14-18(30)16-11-20(36-37(7,31)32)19(33-6)12-17(16)26(3,4)5/h10-12,28H,8-9,13-14H2,1-7H3. The minimum absolute atomic E-state index is 0.0613. The smallest absolute Gasteiger partial charge is 0.306 e. The van der Waals surface area contributed by atoms with Crippen molar-refractivity contribution in [3.8, 4) is 23.0 Å². The first-order valence-electron chi connectivity index (χ1n) is 11.8. The van der Waals surface area contributed by atoms with E-state index in [1.807, 2.05) is 20.8 Å². The summed E-state index contributed by atoms with van der Waals surface area (Å²) in [5.74, 6) is -1.01. The summed E-state index contributed by atoms with van der Waals surface area (Å²) in [6.07, 6.45) is 0.899. The molecule has 0 aromatic heterocycles. The Bertz CT molecular complexity index is 1330. The molecule has 0 bridgehead atoms. The predicted molar refractivity (Wildman–Crippen MR) is 137 cm³/mol. The number of carbonyl (C=O) groups is 1. The third-order valence-electron chi connectivity index (χ3n) is 5.76. The lowest BCUT2D eigenvalue weighted by Gasteiger charge is -2.25. The van der Waals surface area contributed by atoms with Crippen LogP contribution in [0.25, 0.3) is 0 Å². The molecule has 0 fully saturated rings. The SMILES string of the molecule is CCOc1cc2c(c(F)c1OCC)C(=N)N(CC(=O)c1cc(OS(C)(=O)=O)c(OC)cc1C(C)(C)C)C2. The molecule has 1 aliphatic heterocycles. The number of benzene rings is 2. The molecule has 0 aliphatic carbocycles. The fraction of sp³-hybridized carbons (Fsp3) is 0.462. The summed E-state index contributed by atoms with van der Waals surface area (Å²) in [6, 6.07) is 4.56. The van der Waals surface area contributed by atoms with Crippen molar-refractivity contribution in [3.05, 3.63) is 46.3 Å². The van der Waals surface area contributed by atoms with Gasteiger partial charge in [0.25, 0.3) is 0 Å². The van der Waals surface area contributed by atoms with Gasteiger partial charge >= 0.3 is 10.1 Å². The largest absolute Gasteiger partial charge is 0.493 e. The highest BCUT2D eigenvalue weighted by Crippen LogP contribution is 2.40. The first kappa shape index (κ1) is 28.2. The highest BCUT2D eigenvalue weighted by molar-refractivity contribution is 7.86. The highest BCUT2D eigenvalue weighted by atomic mass is 32.2. The molecule has 1 aliphatic rings. The van der Waals surface area contributed by atoms with E-state index in [1.165, 1.54) is 18.1 Å². The number of halogens is 1. The van der Waals surface area contributed by atoms with Crippen LogP contribution in [0.1, 0.15) is 61.7 Å². The number of rotatable bonds is 10. The second kappa shape index (κ2) is 10.6. The number of carbonyl (C=O) groups excluding carboxylic acids is 1. The number of Topliss-reactive ketones (excluding diaryl/α,β-unsaturated/α-hetero) is 1. The van der Waals surface area contributed by atoms with Crippen LogP contribution < -0.4 is 18.4 Å². The van der Waals surface area contributed by atoms with E-state index < -0.39 is 21.4 Å². The number of nitrogens with one attached hydrogen (secondary N) is 1. The number of hydrogen-bond acceptors (Lipinski definition) is 8. The van der Waals surface area contributed by atoms with Gasteiger partial charge < -0.3 is 23.3 Å². The summed E-state index contributed by atoms with van der Waals surface area (Å²) in [6.45, 7) is 9.63. The van der Waals surface area contributed by atoms with E-state index in [0.29, 0.717) is 17.7 Å². The number of hydrogen-bond donors (Lipinski definition) is 1. The van der Waals surface area contributed by atoms with Crippen LogP contribution in [0.2, 0.25) is 0 Å². The monoisotopic (exact) mass is 536 g/mol. The Morgan fingerprint density at radius 3 is 2.27 bits per heavy atom. The number of fused-ring (bicyclic) bond motifs is 1. The van der Waals surface area contributed by atoms with Crippen LogP contribution in [0.15, 0.2) is 18.2 Å². The Balaban J connectivity index is 2.01. The lowest BCUT2D eigenvalue weighted by molar-refractivity contribution is 0.0960. The molecule has 0 amide bonds. The molecule has 37 heavy (non-hydrogen) atoms. The van der Waals surface area contributed by atoms with Crippen molar-refractivity contribution < 1.29 is 36.0 Å². The number of ketones is 1. The lowest BCUT2D eigenvalue weighted by Crippen LogP contribution is -2.32. The van der Waals surface area contributed by atoms with Crippen LogP contribution in [0, 0.1) is 11.2 Å². The molecule has 11 heteroatoms. The van der Waals surface area contributed by atoms with Gasteiger partial charge in [-0.15, -0.1) is 0 Å². The average Bonchev–Trinajstić information content (AvgIpc) is 3.09. The zero-order valence-electron chi connectivity index (χ0n) is 22.2. The van der Waals surface area contributed by atoms with Crippen LogP contribution in [-0.2, 0) is 22.1 Å². The number of nitrogens with zero attached hydrogens (tertiary/aromatic N) is 1. The van der Waals surface area contributed by atoms with Crippen molar-refractivity contribution in [1.29, 1.82) is 5.41 Å². The van der Waals surface area contributed by atoms with Crippen molar-refractivity contribution in [2.24, 2.45) is 0 Å². The molecule has 0 spiro atoms. The van der Waals surface area contributed by atoms with Gasteiger partial charge in [-0.2, -0.15) is 8.42 Å². The Kier molecular flexibility index (Phi) is 8.06. The van der Waals surface area contributed by atoms with E-state index >= 15 is 4.39 Å². The molecule has 0 atom stereocenters. The minimum atomic E-state index is -3.89. The third-order valence-corrected chi connectivity index (χ3v) is 6.24. The maximum absolute atomic E-state index is 15.4. The summed E-state index contributed by atoms with van der Waals surface area (Å²) in [5.41, 5.74) is 0.901. The number of amidine groups is 1. The van der Waals surface area contributed by atoms with E-state index in [-0.39, 0.29) is 65.4 Å². The van der Waals surface area contributed by atoms with Gasteiger partial charge in [-0.3, -0.25) is 10.2 Å². The molecule has 1 N–H and O–H groups in total. The predicted octanol–water partition coefficient (Wildman–Crippen LogP) is 4.29. The van der Waals surface area contributed by atoms with Crippen molar-refractivity contribution in [2.75, 3.05) is 33.1 Å². The van der Waals surface area contributed by atoms with Gasteiger partial charge in [0.05, 0.1) is 38.7 Å². The van der Waals surface area contributed by atoms with Gasteiger partial charge in [-0.25, -0.2) is 4.39 Å². The maximum atomic E-state index is 15.4. The Labute approximate surface area is 217 Å². The molecular formula is C26H33FN2O7S. The number of ether oxygens (including phenoxy) is 3. The summed E-state index contributed by atoms with van der Waals surface area (Å²) < 4.78 is 60.4. The van der Waals surface area contributed by atoms with Crippen LogP contribution >= 0.6 is 0 Å². The third kappa shape index (κ3) is 5.98. The second-order valence-corrected chi connectivity index (χ2v) is 11.2. The lowest BCUT2D eigenvalue weighted by atomic mass is 9.82. The molecule has 0 radical (unpaired) electrons. The fourth-order valence-electron chi connectivity index (χ4n) is 4.22. The van der Waals surface area contributed by atoms with Gasteiger partial charge in [0, 0.05) is 12.1 Å². The van der Waals surface area contributed by atoms with E-state index in [2.05, 4.69) is 0 Å². The molecule has 202 valence electrons. The molecule has 0 unspecified atom stereocenters. The summed E-state index contributed by atoms with van der Waals surface area (Å²) >= 11 is 0.